The van der Waals surface area contributed by atoms with Crippen molar-refractivity contribution in [2.45, 2.75) is 0 Å². The minimum absolute atomic E-state index is 0.106. The van der Waals surface area contributed by atoms with Gasteiger partial charge in [-0.3, -0.25) is 4.79 Å². The van der Waals surface area contributed by atoms with Crippen LogP contribution in [-0.2, 0) is 4.79 Å². The van der Waals surface area contributed by atoms with Gasteiger partial charge in [0, 0.05) is 5.57 Å². The molecule has 1 fully saturated rings. The number of nitrogens with zero attached hydrogens (tertiary/aromatic N) is 1. The van der Waals surface area contributed by atoms with Crippen molar-refractivity contribution in [2.75, 3.05) is 40.3 Å². The molecule has 0 aliphatic carbocycles. The van der Waals surface area contributed by atoms with E-state index in [9.17, 15) is 4.79 Å². The fourth-order valence-electron chi connectivity index (χ4n) is 3.01. The molecular formula is C21H25N2O2+. The maximum absolute atomic E-state index is 13.2. The quantitative estimate of drug-likeness (QED) is 0.679. The van der Waals surface area contributed by atoms with Crippen LogP contribution >= 0.6 is 0 Å². The zero-order chi connectivity index (χ0) is 17.6. The Labute approximate surface area is 149 Å². The van der Waals surface area contributed by atoms with E-state index in [1.165, 1.54) is 4.90 Å². The minimum Gasteiger partial charge on any atom is -0.497 e. The van der Waals surface area contributed by atoms with Crippen molar-refractivity contribution in [1.82, 2.24) is 4.90 Å². The van der Waals surface area contributed by atoms with E-state index in [2.05, 4.69) is 7.05 Å². The van der Waals surface area contributed by atoms with Crippen molar-refractivity contribution in [3.63, 3.8) is 0 Å². The highest BCUT2D eigenvalue weighted by molar-refractivity contribution is 6.24. The first-order valence-electron chi connectivity index (χ1n) is 8.69. The number of quaternary nitrogens is 1. The maximum Gasteiger partial charge on any atom is 0.254 e. The fraction of sp³-hybridized carbons (Fsp3) is 0.286. The van der Waals surface area contributed by atoms with Gasteiger partial charge in [-0.25, -0.2) is 0 Å². The molecule has 0 bridgehead atoms. The van der Waals surface area contributed by atoms with Crippen molar-refractivity contribution >= 4 is 17.6 Å². The van der Waals surface area contributed by atoms with E-state index in [0.717, 1.165) is 48.6 Å². The Morgan fingerprint density at radius 1 is 1.04 bits per heavy atom. The molecule has 4 heteroatoms. The Morgan fingerprint density at radius 3 is 2.28 bits per heavy atom. The highest BCUT2D eigenvalue weighted by Crippen LogP contribution is 2.22. The van der Waals surface area contributed by atoms with Gasteiger partial charge in [0.05, 0.1) is 40.3 Å². The average molecular weight is 337 g/mol. The van der Waals surface area contributed by atoms with Crippen LogP contribution in [0.15, 0.2) is 54.6 Å². The SMILES string of the molecule is COc1ccc(/C=C(/C(=O)N2CC[NH+](C)CC2)c2ccccc2)cc1. The van der Waals surface area contributed by atoms with E-state index in [0.29, 0.717) is 0 Å². The van der Waals surface area contributed by atoms with Crippen LogP contribution in [0.1, 0.15) is 11.1 Å². The number of methoxy groups -OCH3 is 1. The zero-order valence-corrected chi connectivity index (χ0v) is 14.9. The minimum atomic E-state index is 0.106. The second-order valence-corrected chi connectivity index (χ2v) is 6.45. The molecule has 1 aliphatic rings. The summed E-state index contributed by atoms with van der Waals surface area (Å²) in [6.45, 7) is 3.60. The highest BCUT2D eigenvalue weighted by atomic mass is 16.5. The van der Waals surface area contributed by atoms with Gasteiger partial charge in [0.1, 0.15) is 5.75 Å². The standard InChI is InChI=1S/C21H24N2O2/c1-22-12-14-23(15-13-22)21(24)20(18-6-4-3-5-7-18)16-17-8-10-19(25-2)11-9-17/h3-11,16H,12-15H2,1-2H3/p+1/b20-16+. The van der Waals surface area contributed by atoms with Crippen molar-refractivity contribution in [3.05, 3.63) is 65.7 Å². The monoisotopic (exact) mass is 337 g/mol. The second kappa shape index (κ2) is 7.99. The third-order valence-corrected chi connectivity index (χ3v) is 4.65. The molecule has 2 aromatic carbocycles. The fourth-order valence-corrected chi connectivity index (χ4v) is 3.01. The van der Waals surface area contributed by atoms with E-state index in [1.807, 2.05) is 65.6 Å². The van der Waals surface area contributed by atoms with E-state index in [-0.39, 0.29) is 5.91 Å². The van der Waals surface area contributed by atoms with Gasteiger partial charge in [0.15, 0.2) is 0 Å². The number of ether oxygens (including phenoxy) is 1. The summed E-state index contributed by atoms with van der Waals surface area (Å²) in [5.74, 6) is 0.918. The summed E-state index contributed by atoms with van der Waals surface area (Å²) in [6, 6.07) is 17.7. The van der Waals surface area contributed by atoms with Crippen molar-refractivity contribution < 1.29 is 14.4 Å². The Balaban J connectivity index is 1.92. The summed E-state index contributed by atoms with van der Waals surface area (Å²) in [5, 5.41) is 0. The summed E-state index contributed by atoms with van der Waals surface area (Å²) < 4.78 is 5.21. The molecule has 0 saturated carbocycles. The van der Waals surface area contributed by atoms with Crippen LogP contribution in [0, 0.1) is 0 Å². The number of likely N-dealkylation sites (N-methyl/N-ethyl adjacent to an activating group) is 1. The molecule has 130 valence electrons. The lowest BCUT2D eigenvalue weighted by molar-refractivity contribution is -0.883. The van der Waals surface area contributed by atoms with E-state index in [1.54, 1.807) is 7.11 Å². The second-order valence-electron chi connectivity index (χ2n) is 6.45. The first kappa shape index (κ1) is 17.2. The third kappa shape index (κ3) is 4.28. The molecular weight excluding hydrogens is 312 g/mol. The van der Waals surface area contributed by atoms with Gasteiger partial charge in [-0.2, -0.15) is 0 Å². The molecule has 0 atom stereocenters. The van der Waals surface area contributed by atoms with Crippen LogP contribution in [0.3, 0.4) is 0 Å². The lowest BCUT2D eigenvalue weighted by Crippen LogP contribution is -3.12. The Morgan fingerprint density at radius 2 is 1.68 bits per heavy atom. The van der Waals surface area contributed by atoms with Gasteiger partial charge >= 0.3 is 0 Å². The van der Waals surface area contributed by atoms with Crippen LogP contribution in [0.2, 0.25) is 0 Å². The van der Waals surface area contributed by atoms with Gasteiger partial charge in [0.25, 0.3) is 5.91 Å². The van der Waals surface area contributed by atoms with Gasteiger partial charge in [-0.1, -0.05) is 42.5 Å². The lowest BCUT2D eigenvalue weighted by atomic mass is 10.0. The van der Waals surface area contributed by atoms with E-state index in [4.69, 9.17) is 4.74 Å². The molecule has 1 saturated heterocycles. The molecule has 0 aromatic heterocycles. The van der Waals surface area contributed by atoms with Crippen molar-refractivity contribution in [3.8, 4) is 5.75 Å². The average Bonchev–Trinajstić information content (AvgIpc) is 2.67. The van der Waals surface area contributed by atoms with Crippen molar-refractivity contribution in [2.24, 2.45) is 0 Å². The van der Waals surface area contributed by atoms with Crippen LogP contribution in [0.4, 0.5) is 0 Å². The number of nitrogens with one attached hydrogen (secondary N) is 1. The molecule has 0 unspecified atom stereocenters. The number of amides is 1. The number of carbonyl (C=O) groups excluding carboxylic acids is 1. The Kier molecular flexibility index (Phi) is 5.51. The molecule has 25 heavy (non-hydrogen) atoms. The van der Waals surface area contributed by atoms with Crippen LogP contribution in [-0.4, -0.2) is 51.1 Å². The molecule has 1 amide bonds. The highest BCUT2D eigenvalue weighted by Gasteiger charge is 2.24. The lowest BCUT2D eigenvalue weighted by Gasteiger charge is -2.30. The smallest absolute Gasteiger partial charge is 0.254 e. The van der Waals surface area contributed by atoms with Gasteiger partial charge in [-0.05, 0) is 29.3 Å². The molecule has 2 aromatic rings. The van der Waals surface area contributed by atoms with Gasteiger partial charge in [-0.15, -0.1) is 0 Å². The predicted octanol–water partition coefficient (Wildman–Crippen LogP) is 1.59. The first-order valence-corrected chi connectivity index (χ1v) is 8.69. The number of piperazine rings is 1. The first-order chi connectivity index (χ1) is 12.2. The molecule has 3 rings (SSSR count). The predicted molar refractivity (Wildman–Crippen MR) is 101 cm³/mol. The van der Waals surface area contributed by atoms with Gasteiger partial charge < -0.3 is 14.5 Å². The molecule has 1 N–H and O–H groups in total. The third-order valence-electron chi connectivity index (χ3n) is 4.65. The number of hydrogen-bond donors (Lipinski definition) is 1. The number of carbonyl (C=O) groups is 1. The summed E-state index contributed by atoms with van der Waals surface area (Å²) in [5.41, 5.74) is 2.69. The van der Waals surface area contributed by atoms with Crippen LogP contribution in [0.25, 0.3) is 11.6 Å². The number of benzene rings is 2. The van der Waals surface area contributed by atoms with Crippen LogP contribution < -0.4 is 9.64 Å². The zero-order valence-electron chi connectivity index (χ0n) is 14.9. The summed E-state index contributed by atoms with van der Waals surface area (Å²) in [4.78, 5) is 16.6. The molecule has 0 spiro atoms. The summed E-state index contributed by atoms with van der Waals surface area (Å²) >= 11 is 0. The Hall–Kier alpha value is -2.59. The number of hydrogen-bond acceptors (Lipinski definition) is 2. The largest absolute Gasteiger partial charge is 0.497 e. The molecule has 4 nitrogen and oxygen atoms in total. The maximum atomic E-state index is 13.2. The normalized spacial score (nSPS) is 15.9. The molecule has 0 radical (unpaired) electrons. The van der Waals surface area contributed by atoms with Gasteiger partial charge in [0.2, 0.25) is 0 Å². The van der Waals surface area contributed by atoms with Crippen molar-refractivity contribution in [1.29, 1.82) is 0 Å². The van der Waals surface area contributed by atoms with E-state index >= 15 is 0 Å². The molecule has 1 heterocycles. The van der Waals surface area contributed by atoms with E-state index < -0.39 is 0 Å². The Bertz CT molecular complexity index is 730. The number of rotatable bonds is 4. The molecule has 1 aliphatic heterocycles. The van der Waals surface area contributed by atoms with Crippen LogP contribution in [0.5, 0.6) is 5.75 Å². The summed E-state index contributed by atoms with van der Waals surface area (Å²) in [7, 11) is 3.83. The summed E-state index contributed by atoms with van der Waals surface area (Å²) in [6.07, 6.45) is 1.97. The topological polar surface area (TPSA) is 34.0 Å².